The van der Waals surface area contributed by atoms with Gasteiger partial charge in [-0.15, -0.1) is 0 Å². The van der Waals surface area contributed by atoms with E-state index in [1.54, 1.807) is 30.0 Å². The summed E-state index contributed by atoms with van der Waals surface area (Å²) in [7, 11) is 1.35. The first-order valence-corrected chi connectivity index (χ1v) is 15.6. The molecular formula is C26H25F2IN4O2S2. The van der Waals surface area contributed by atoms with Crippen LogP contribution in [0.4, 0.5) is 8.78 Å². The maximum Gasteiger partial charge on any atom is 0.239 e. The number of benzene rings is 1. The number of carbonyl (C=O) groups excluding carboxylic acids is 1. The van der Waals surface area contributed by atoms with Crippen LogP contribution in [-0.2, 0) is 15.1 Å². The minimum absolute atomic E-state index is 0.0799. The number of ether oxygens (including phenoxy) is 1. The molecule has 1 aromatic carbocycles. The van der Waals surface area contributed by atoms with E-state index in [0.717, 1.165) is 0 Å². The molecule has 2 aliphatic heterocycles. The van der Waals surface area contributed by atoms with E-state index in [9.17, 15) is 4.79 Å². The van der Waals surface area contributed by atoms with Crippen molar-refractivity contribution in [2.24, 2.45) is 10.7 Å². The molecule has 6 nitrogen and oxygen atoms in total. The van der Waals surface area contributed by atoms with Gasteiger partial charge < -0.3 is 15.4 Å². The van der Waals surface area contributed by atoms with Gasteiger partial charge in [0.05, 0.1) is 24.4 Å². The van der Waals surface area contributed by atoms with Crippen molar-refractivity contribution in [2.45, 2.75) is 30.6 Å². The summed E-state index contributed by atoms with van der Waals surface area (Å²) in [5.74, 6) is 1.75. The maximum atomic E-state index is 15.2. The van der Waals surface area contributed by atoms with Crippen LogP contribution >= 0.6 is 41.9 Å². The molecule has 2 atom stereocenters. The Morgan fingerprint density at radius 3 is 2.73 bits per heavy atom. The highest BCUT2D eigenvalue weighted by Gasteiger charge is 2.49. The van der Waals surface area contributed by atoms with Gasteiger partial charge in [-0.25, -0.2) is 8.78 Å². The van der Waals surface area contributed by atoms with Crippen molar-refractivity contribution in [3.05, 3.63) is 64.7 Å². The summed E-state index contributed by atoms with van der Waals surface area (Å²) in [6, 6.07) is 7.56. The van der Waals surface area contributed by atoms with E-state index in [4.69, 9.17) is 10.5 Å². The van der Waals surface area contributed by atoms with Gasteiger partial charge in [-0.1, -0.05) is 23.7 Å². The molecular weight excluding hydrogens is 629 g/mol. The van der Waals surface area contributed by atoms with E-state index in [2.05, 4.69) is 42.4 Å². The SMILES string of the molecule is C[C@]1(C(=O)N2CCOCC2)C[C@@](C)(c2cc(/C=C(\F)c3ccc(C#CSI)cn3)ccc2F)N=C(N)S1. The molecule has 1 amide bonds. The number of halogens is 3. The van der Waals surface area contributed by atoms with Crippen molar-refractivity contribution in [1.82, 2.24) is 9.88 Å². The van der Waals surface area contributed by atoms with Crippen molar-refractivity contribution in [2.75, 3.05) is 26.3 Å². The Bertz CT molecular complexity index is 1310. The summed E-state index contributed by atoms with van der Waals surface area (Å²) in [6.07, 6.45) is 3.03. The van der Waals surface area contributed by atoms with Gasteiger partial charge >= 0.3 is 0 Å². The van der Waals surface area contributed by atoms with E-state index >= 15 is 8.78 Å². The molecule has 0 aliphatic carbocycles. The molecule has 1 aromatic heterocycles. The Morgan fingerprint density at radius 2 is 2.05 bits per heavy atom. The zero-order valence-electron chi connectivity index (χ0n) is 20.3. The Labute approximate surface area is 235 Å². The van der Waals surface area contributed by atoms with Crippen LogP contribution in [-0.4, -0.2) is 52.0 Å². The quantitative estimate of drug-likeness (QED) is 0.353. The Balaban J connectivity index is 1.63. The van der Waals surface area contributed by atoms with Crippen LogP contribution in [0.25, 0.3) is 11.9 Å². The number of aliphatic imine (C=N–C) groups is 1. The molecule has 1 saturated heterocycles. The topological polar surface area (TPSA) is 80.8 Å². The van der Waals surface area contributed by atoms with Gasteiger partial charge in [0.2, 0.25) is 5.91 Å². The Kier molecular flexibility index (Phi) is 8.83. The summed E-state index contributed by atoms with van der Waals surface area (Å²) in [5, 5.41) is 3.06. The monoisotopic (exact) mass is 654 g/mol. The molecule has 0 bridgehead atoms. The number of amidine groups is 1. The summed E-state index contributed by atoms with van der Waals surface area (Å²) >= 11 is 3.26. The molecule has 0 unspecified atom stereocenters. The number of nitrogens with two attached hydrogens (primary N) is 1. The van der Waals surface area contributed by atoms with Crippen LogP contribution in [0.15, 0.2) is 41.5 Å². The van der Waals surface area contributed by atoms with Crippen LogP contribution in [0.1, 0.15) is 42.7 Å². The predicted molar refractivity (Wildman–Crippen MR) is 155 cm³/mol. The molecule has 0 radical (unpaired) electrons. The minimum Gasteiger partial charge on any atom is -0.378 e. The Hall–Kier alpha value is -2.14. The fraction of sp³-hybridized carbons (Fsp3) is 0.346. The van der Waals surface area contributed by atoms with Gasteiger partial charge in [-0.05, 0) is 63.9 Å². The van der Waals surface area contributed by atoms with Crippen LogP contribution in [0, 0.1) is 17.0 Å². The number of morpholine rings is 1. The summed E-state index contributed by atoms with van der Waals surface area (Å²) in [5.41, 5.74) is 6.57. The number of amides is 1. The van der Waals surface area contributed by atoms with E-state index in [1.165, 1.54) is 45.1 Å². The van der Waals surface area contributed by atoms with E-state index in [0.29, 0.717) is 37.4 Å². The predicted octanol–water partition coefficient (Wildman–Crippen LogP) is 5.36. The number of pyridine rings is 1. The molecule has 37 heavy (non-hydrogen) atoms. The summed E-state index contributed by atoms with van der Waals surface area (Å²) in [6.45, 7) is 5.51. The first-order valence-electron chi connectivity index (χ1n) is 11.5. The lowest BCUT2D eigenvalue weighted by atomic mass is 9.81. The second kappa shape index (κ2) is 11.7. The molecule has 3 heterocycles. The van der Waals surface area contributed by atoms with Crippen LogP contribution in [0.3, 0.4) is 0 Å². The van der Waals surface area contributed by atoms with Crippen LogP contribution in [0.5, 0.6) is 0 Å². The molecule has 2 aliphatic rings. The van der Waals surface area contributed by atoms with E-state index in [1.807, 2.05) is 6.92 Å². The summed E-state index contributed by atoms with van der Waals surface area (Å²) in [4.78, 5) is 23.9. The molecule has 194 valence electrons. The molecule has 1 fully saturated rings. The zero-order valence-corrected chi connectivity index (χ0v) is 24.1. The number of carbonyl (C=O) groups is 1. The van der Waals surface area contributed by atoms with Gasteiger partial charge in [0.15, 0.2) is 5.17 Å². The van der Waals surface area contributed by atoms with Crippen molar-refractivity contribution in [3.63, 3.8) is 0 Å². The first-order chi connectivity index (χ1) is 17.6. The van der Waals surface area contributed by atoms with Gasteiger partial charge in [0.25, 0.3) is 0 Å². The lowest BCUT2D eigenvalue weighted by Gasteiger charge is -2.43. The van der Waals surface area contributed by atoms with Gasteiger partial charge in [-0.3, -0.25) is 14.8 Å². The molecule has 11 heteroatoms. The largest absolute Gasteiger partial charge is 0.378 e. The maximum absolute atomic E-state index is 15.2. The average Bonchev–Trinajstić information content (AvgIpc) is 2.88. The standard InChI is InChI=1S/C26H25F2IN4O2S2/c1-25(16-26(2,37-24(30)32-25)23(34)33-8-10-35-11-9-33)19-13-18(3-5-20(19)27)14-21(28)22-6-4-17(15-31-22)7-12-36-29/h3-6,13-15H,8-11,16H2,1-2H3,(H2,30,32)/b21-14-/t25-,26+/m0/s1. The average molecular weight is 655 g/mol. The van der Waals surface area contributed by atoms with E-state index in [-0.39, 0.29) is 28.8 Å². The van der Waals surface area contributed by atoms with Crippen molar-refractivity contribution >= 4 is 64.9 Å². The van der Waals surface area contributed by atoms with Crippen molar-refractivity contribution in [3.8, 4) is 11.2 Å². The zero-order chi connectivity index (χ0) is 26.6. The highest BCUT2D eigenvalue weighted by Crippen LogP contribution is 2.47. The second-order valence-corrected chi connectivity index (χ2v) is 12.3. The smallest absolute Gasteiger partial charge is 0.239 e. The van der Waals surface area contributed by atoms with Gasteiger partial charge in [-0.2, -0.15) is 0 Å². The number of aromatic nitrogens is 1. The Morgan fingerprint density at radius 1 is 1.30 bits per heavy atom. The van der Waals surface area contributed by atoms with Crippen molar-refractivity contribution < 1.29 is 18.3 Å². The molecule has 4 rings (SSSR count). The van der Waals surface area contributed by atoms with Crippen LogP contribution in [0.2, 0.25) is 0 Å². The van der Waals surface area contributed by atoms with Crippen molar-refractivity contribution in [1.29, 1.82) is 0 Å². The third-order valence-electron chi connectivity index (χ3n) is 6.23. The molecule has 0 spiro atoms. The normalized spacial score (nSPS) is 24.2. The number of hydrogen-bond donors (Lipinski definition) is 1. The van der Waals surface area contributed by atoms with E-state index < -0.39 is 21.9 Å². The molecule has 0 saturated carbocycles. The third-order valence-corrected chi connectivity index (χ3v) is 8.13. The number of hydrogen-bond acceptors (Lipinski definition) is 7. The number of rotatable bonds is 4. The highest BCUT2D eigenvalue weighted by molar-refractivity contribution is 14.2. The van der Waals surface area contributed by atoms with Gasteiger partial charge in [0.1, 0.15) is 16.4 Å². The lowest BCUT2D eigenvalue weighted by molar-refractivity contribution is -0.138. The molecule has 2 N–H and O–H groups in total. The second-order valence-electron chi connectivity index (χ2n) is 9.11. The fourth-order valence-corrected chi connectivity index (χ4v) is 6.32. The van der Waals surface area contributed by atoms with Gasteiger partial charge in [0, 0.05) is 58.0 Å². The lowest BCUT2D eigenvalue weighted by Crippen LogP contribution is -2.54. The fourth-order valence-electron chi connectivity index (χ4n) is 4.56. The summed E-state index contributed by atoms with van der Waals surface area (Å²) < 4.78 is 34.6. The highest BCUT2D eigenvalue weighted by atomic mass is 127. The number of thioether (sulfide) groups is 1. The third kappa shape index (κ3) is 6.47. The molecule has 2 aromatic rings. The number of nitrogens with zero attached hydrogens (tertiary/aromatic N) is 3. The minimum atomic E-state index is -1.12. The van der Waals surface area contributed by atoms with Crippen LogP contribution < -0.4 is 5.73 Å². The first kappa shape index (κ1) is 27.9.